The van der Waals surface area contributed by atoms with Crippen molar-refractivity contribution in [3.63, 3.8) is 0 Å². The number of esters is 1. The fourth-order valence-electron chi connectivity index (χ4n) is 8.58. The number of fused-ring (bicyclic) bond motifs is 2. The number of cyclic esters (lactones) is 1. The maximum absolute atomic E-state index is 14.4. The number of likely N-dealkylation sites (N-methyl/N-ethyl adjacent to an activating group) is 1. The van der Waals surface area contributed by atoms with Crippen LogP contribution in [0.4, 0.5) is 13.2 Å². The Kier molecular flexibility index (Phi) is 14.8. The summed E-state index contributed by atoms with van der Waals surface area (Å²) in [5.41, 5.74) is -0.172. The van der Waals surface area contributed by atoms with Crippen LogP contribution in [0.5, 0.6) is 0 Å². The van der Waals surface area contributed by atoms with Gasteiger partial charge in [-0.2, -0.15) is 0 Å². The molecule has 9 atom stereocenters. The van der Waals surface area contributed by atoms with Gasteiger partial charge in [0.15, 0.2) is 17.5 Å². The summed E-state index contributed by atoms with van der Waals surface area (Å²) in [6.07, 6.45) is 6.80. The van der Waals surface area contributed by atoms with Crippen LogP contribution < -0.4 is 16.0 Å². The lowest BCUT2D eigenvalue weighted by Crippen LogP contribution is -2.60. The number of hydrogen-bond donors (Lipinski definition) is 3. The zero-order valence-electron chi connectivity index (χ0n) is 34.6. The molecule has 0 radical (unpaired) electrons. The SMILES string of the molecule is CC(C)C1CCC(C)C(/C=C/C(=O)N[C@@H](Cc2cc(F)c(F)c(F)c2)C(=O)N[C@H]2COC(=O)[C@@H]3CCCN3C(=O)[C@H](C)NC(=O)[C@H](C)N(C)C(=O)[C@@H]3CCCN3C2=O)C1. The van der Waals surface area contributed by atoms with Gasteiger partial charge in [-0.25, -0.2) is 18.0 Å². The summed E-state index contributed by atoms with van der Waals surface area (Å²) in [6.45, 7) is 8.92. The second kappa shape index (κ2) is 19.4. The fourth-order valence-corrected chi connectivity index (χ4v) is 8.58. The summed E-state index contributed by atoms with van der Waals surface area (Å²) in [5, 5.41) is 7.73. The van der Waals surface area contributed by atoms with E-state index in [0.717, 1.165) is 19.3 Å². The number of halogens is 3. The first kappa shape index (κ1) is 45.1. The predicted octanol–water partition coefficient (Wildman–Crippen LogP) is 2.77. The van der Waals surface area contributed by atoms with Gasteiger partial charge in [0, 0.05) is 26.6 Å². The molecule has 3 aliphatic heterocycles. The van der Waals surface area contributed by atoms with E-state index in [-0.39, 0.29) is 37.4 Å². The number of amides is 6. The van der Waals surface area contributed by atoms with E-state index in [1.807, 2.05) is 0 Å². The van der Waals surface area contributed by atoms with Crippen molar-refractivity contribution in [1.29, 1.82) is 0 Å². The molecule has 5 rings (SSSR count). The molecule has 1 saturated carbocycles. The lowest BCUT2D eigenvalue weighted by molar-refractivity contribution is -0.158. The first-order chi connectivity index (χ1) is 27.9. The van der Waals surface area contributed by atoms with E-state index in [4.69, 9.17) is 4.74 Å². The molecule has 59 heavy (non-hydrogen) atoms. The number of nitrogens with zero attached hydrogens (tertiary/aromatic N) is 3. The van der Waals surface area contributed by atoms with Crippen LogP contribution in [-0.4, -0.2) is 119 Å². The van der Waals surface area contributed by atoms with Crippen molar-refractivity contribution >= 4 is 41.4 Å². The number of ether oxygens (including phenoxy) is 1. The summed E-state index contributed by atoms with van der Waals surface area (Å²) in [6, 6.07) is -6.00. The minimum absolute atomic E-state index is 0.0852. The van der Waals surface area contributed by atoms with E-state index in [9.17, 15) is 46.7 Å². The van der Waals surface area contributed by atoms with Crippen molar-refractivity contribution < 1.29 is 51.5 Å². The van der Waals surface area contributed by atoms with Crippen molar-refractivity contribution in [2.24, 2.45) is 23.7 Å². The molecule has 324 valence electrons. The van der Waals surface area contributed by atoms with Gasteiger partial charge in [-0.15, -0.1) is 0 Å². The summed E-state index contributed by atoms with van der Waals surface area (Å²) in [7, 11) is 1.40. The van der Waals surface area contributed by atoms with Gasteiger partial charge in [-0.05, 0) is 106 Å². The van der Waals surface area contributed by atoms with Gasteiger partial charge >= 0.3 is 5.97 Å². The normalized spacial score (nSPS) is 29.3. The van der Waals surface area contributed by atoms with E-state index in [0.29, 0.717) is 42.7 Å². The standard InChI is InChI=1S/C42H57F3N6O8/c1-22(2)27-12-11-23(3)28(20-27)13-14-35(52)47-31(19-26-17-29(43)36(45)30(44)18-26)38(54)48-32-21-59-42(58)34-10-8-16-51(34)39(55)24(4)46-37(53)25(5)49(6)41(57)33-9-7-15-50(33)40(32)56/h13-14,17-18,22-25,27-28,31-34H,7-12,15-16,19-21H2,1-6H3,(H,46,53)(H,47,52)(H,48,54)/b14-13+/t23?,24-,25-,27?,28?,31-,32-,33-,34-/m0/s1. The summed E-state index contributed by atoms with van der Waals surface area (Å²) in [4.78, 5) is 99.7. The first-order valence-electron chi connectivity index (χ1n) is 20.6. The van der Waals surface area contributed by atoms with Crippen LogP contribution >= 0.6 is 0 Å². The Balaban J connectivity index is 1.44. The van der Waals surface area contributed by atoms with E-state index >= 15 is 0 Å². The molecule has 0 aromatic heterocycles. The molecule has 4 aliphatic rings. The van der Waals surface area contributed by atoms with Gasteiger partial charge < -0.3 is 35.4 Å². The van der Waals surface area contributed by atoms with Gasteiger partial charge in [0.05, 0.1) is 0 Å². The van der Waals surface area contributed by atoms with Crippen LogP contribution in [0.25, 0.3) is 0 Å². The highest BCUT2D eigenvalue weighted by Gasteiger charge is 2.43. The second-order valence-electron chi connectivity index (χ2n) is 16.9. The maximum atomic E-state index is 14.4. The topological polar surface area (TPSA) is 175 Å². The lowest BCUT2D eigenvalue weighted by Gasteiger charge is -2.34. The summed E-state index contributed by atoms with van der Waals surface area (Å²) >= 11 is 0. The number of benzene rings is 1. The summed E-state index contributed by atoms with van der Waals surface area (Å²) in [5.74, 6) is -8.52. The van der Waals surface area contributed by atoms with Gasteiger partial charge in [0.25, 0.3) is 0 Å². The zero-order valence-corrected chi connectivity index (χ0v) is 34.6. The molecular formula is C42H57F3N6O8. The molecule has 1 aromatic carbocycles. The Morgan fingerprint density at radius 2 is 1.53 bits per heavy atom. The molecule has 1 aliphatic carbocycles. The Labute approximate surface area is 343 Å². The average molecular weight is 831 g/mol. The Bertz CT molecular complexity index is 1800. The van der Waals surface area contributed by atoms with Crippen molar-refractivity contribution in [2.75, 3.05) is 26.7 Å². The molecule has 17 heteroatoms. The number of carbonyl (C=O) groups is 7. The van der Waals surface area contributed by atoms with E-state index in [1.54, 1.807) is 6.08 Å². The third-order valence-corrected chi connectivity index (χ3v) is 12.5. The Morgan fingerprint density at radius 1 is 0.898 bits per heavy atom. The third kappa shape index (κ3) is 10.6. The predicted molar refractivity (Wildman–Crippen MR) is 208 cm³/mol. The van der Waals surface area contributed by atoms with Crippen LogP contribution in [0.15, 0.2) is 24.3 Å². The number of nitrogens with one attached hydrogen (secondary N) is 3. The minimum Gasteiger partial charge on any atom is -0.461 e. The number of carbonyl (C=O) groups excluding carboxylic acids is 7. The largest absolute Gasteiger partial charge is 0.461 e. The number of rotatable bonds is 8. The van der Waals surface area contributed by atoms with Gasteiger partial charge in [-0.1, -0.05) is 26.8 Å². The van der Waals surface area contributed by atoms with Crippen LogP contribution in [0.1, 0.15) is 85.1 Å². The quantitative estimate of drug-likeness (QED) is 0.204. The van der Waals surface area contributed by atoms with Crippen LogP contribution in [0, 0.1) is 41.1 Å². The molecule has 0 bridgehead atoms. The monoisotopic (exact) mass is 830 g/mol. The molecule has 0 spiro atoms. The number of allylic oxidation sites excluding steroid dienone is 1. The number of hydrogen-bond acceptors (Lipinski definition) is 8. The van der Waals surface area contributed by atoms with Crippen molar-refractivity contribution in [2.45, 2.75) is 122 Å². The second-order valence-corrected chi connectivity index (χ2v) is 16.9. The van der Waals surface area contributed by atoms with E-state index < -0.39 is 108 Å². The lowest BCUT2D eigenvalue weighted by atomic mass is 9.71. The molecular weight excluding hydrogens is 773 g/mol. The smallest absolute Gasteiger partial charge is 0.328 e. The summed E-state index contributed by atoms with van der Waals surface area (Å²) < 4.78 is 48.3. The van der Waals surface area contributed by atoms with Gasteiger partial charge in [-0.3, -0.25) is 28.8 Å². The molecule has 3 heterocycles. The minimum atomic E-state index is -1.71. The van der Waals surface area contributed by atoms with Crippen LogP contribution in [0.2, 0.25) is 0 Å². The van der Waals surface area contributed by atoms with Crippen LogP contribution in [0.3, 0.4) is 0 Å². The van der Waals surface area contributed by atoms with Crippen LogP contribution in [-0.2, 0) is 44.7 Å². The molecule has 3 unspecified atom stereocenters. The highest BCUT2D eigenvalue weighted by Crippen LogP contribution is 2.38. The molecule has 3 N–H and O–H groups in total. The van der Waals surface area contributed by atoms with Crippen molar-refractivity contribution in [3.05, 3.63) is 47.3 Å². The zero-order chi connectivity index (χ0) is 43.3. The average Bonchev–Trinajstić information content (AvgIpc) is 3.90. The molecule has 4 fully saturated rings. The molecule has 6 amide bonds. The van der Waals surface area contributed by atoms with Crippen molar-refractivity contribution in [1.82, 2.24) is 30.7 Å². The molecule has 14 nitrogen and oxygen atoms in total. The highest BCUT2D eigenvalue weighted by atomic mass is 19.2. The fraction of sp³-hybridized carbons (Fsp3) is 0.643. The third-order valence-electron chi connectivity index (χ3n) is 12.5. The van der Waals surface area contributed by atoms with Crippen molar-refractivity contribution in [3.8, 4) is 0 Å². The molecule has 3 saturated heterocycles. The van der Waals surface area contributed by atoms with Gasteiger partial charge in [0.1, 0.15) is 42.9 Å². The first-order valence-corrected chi connectivity index (χ1v) is 20.6. The maximum Gasteiger partial charge on any atom is 0.328 e. The Morgan fingerprint density at radius 3 is 2.17 bits per heavy atom. The van der Waals surface area contributed by atoms with E-state index in [2.05, 4.69) is 36.7 Å². The molecule has 1 aromatic rings. The van der Waals surface area contributed by atoms with Gasteiger partial charge in [0.2, 0.25) is 35.4 Å². The highest BCUT2D eigenvalue weighted by molar-refractivity contribution is 5.98. The van der Waals surface area contributed by atoms with E-state index in [1.165, 1.54) is 41.7 Å². The Hall–Kier alpha value is -4.96.